The molecule has 4 aromatic rings. The first-order valence-electron chi connectivity index (χ1n) is 14.2. The normalized spacial score (nSPS) is 22.7. The lowest BCUT2D eigenvalue weighted by Crippen LogP contribution is -2.38. The van der Waals surface area contributed by atoms with Crippen molar-refractivity contribution >= 4 is 40.3 Å². The summed E-state index contributed by atoms with van der Waals surface area (Å²) in [6, 6.07) is 20.7. The molecule has 4 atom stereocenters. The number of piperidine rings is 1. The van der Waals surface area contributed by atoms with Crippen molar-refractivity contribution in [2.75, 3.05) is 22.9 Å². The molecular weight excluding hydrogens is 553 g/mol. The molecule has 0 spiro atoms. The average molecular weight is 588 g/mol. The molecule has 0 bridgehead atoms. The van der Waals surface area contributed by atoms with Gasteiger partial charge in [0.15, 0.2) is 5.11 Å². The molecule has 8 heteroatoms. The molecular formula is C33H35ClFN5S. The summed E-state index contributed by atoms with van der Waals surface area (Å²) in [4.78, 5) is 9.28. The summed E-state index contributed by atoms with van der Waals surface area (Å²) >= 11 is 13.0. The number of nitrogens with zero attached hydrogens (tertiary/aromatic N) is 4. The van der Waals surface area contributed by atoms with Gasteiger partial charge in [0.25, 0.3) is 0 Å². The van der Waals surface area contributed by atoms with Crippen molar-refractivity contribution in [1.82, 2.24) is 14.9 Å². The van der Waals surface area contributed by atoms with Crippen LogP contribution in [0, 0.1) is 31.5 Å². The van der Waals surface area contributed by atoms with Crippen molar-refractivity contribution in [3.63, 3.8) is 0 Å². The van der Waals surface area contributed by atoms with E-state index in [0.29, 0.717) is 16.9 Å². The summed E-state index contributed by atoms with van der Waals surface area (Å²) in [5.74, 6) is 1.01. The van der Waals surface area contributed by atoms with Gasteiger partial charge in [-0.15, -0.1) is 0 Å². The molecule has 1 N–H and O–H groups in total. The number of rotatable bonds is 5. The lowest BCUT2D eigenvalue weighted by atomic mass is 9.91. The first kappa shape index (κ1) is 27.7. The zero-order valence-electron chi connectivity index (χ0n) is 23.8. The van der Waals surface area contributed by atoms with Gasteiger partial charge in [-0.05, 0) is 111 Å². The van der Waals surface area contributed by atoms with E-state index in [0.717, 1.165) is 57.8 Å². The standard InChI is InChI=1S/C33H35ClFN5S/c1-20-15-21(2)19-38(18-20)30-13-12-26(17-28(30)34)40-32(31(37-33(40)41)29-7-5-6-14-36-29)27-16-22(3)39(23(27)4)25-10-8-24(35)9-11-25/h5-14,16-17,20-21,31-32H,15,18-19H2,1-4H3,(H,37,41). The zero-order chi connectivity index (χ0) is 28.8. The van der Waals surface area contributed by atoms with Crippen LogP contribution >= 0.6 is 23.8 Å². The fourth-order valence-electron chi connectivity index (χ4n) is 6.79. The molecule has 0 saturated carbocycles. The van der Waals surface area contributed by atoms with Crippen molar-refractivity contribution < 1.29 is 4.39 Å². The number of benzene rings is 2. The molecule has 2 aliphatic heterocycles. The molecule has 41 heavy (non-hydrogen) atoms. The van der Waals surface area contributed by atoms with Crippen LogP contribution in [0.15, 0.2) is 72.9 Å². The summed E-state index contributed by atoms with van der Waals surface area (Å²) in [5.41, 5.74) is 7.07. The maximum Gasteiger partial charge on any atom is 0.174 e. The van der Waals surface area contributed by atoms with Gasteiger partial charge in [-0.1, -0.05) is 31.5 Å². The molecule has 2 fully saturated rings. The van der Waals surface area contributed by atoms with Gasteiger partial charge in [0, 0.05) is 42.0 Å². The molecule has 5 nitrogen and oxygen atoms in total. The molecule has 0 radical (unpaired) electrons. The Morgan fingerprint density at radius 3 is 2.32 bits per heavy atom. The van der Waals surface area contributed by atoms with E-state index in [4.69, 9.17) is 28.8 Å². The highest BCUT2D eigenvalue weighted by Crippen LogP contribution is 2.45. The Labute approximate surface area is 252 Å². The molecule has 2 aliphatic rings. The van der Waals surface area contributed by atoms with Crippen LogP contribution in [0.4, 0.5) is 15.8 Å². The molecule has 4 unspecified atom stereocenters. The maximum atomic E-state index is 13.7. The highest BCUT2D eigenvalue weighted by atomic mass is 35.5. The molecule has 6 rings (SSSR count). The summed E-state index contributed by atoms with van der Waals surface area (Å²) in [6.07, 6.45) is 3.06. The minimum absolute atomic E-state index is 0.172. The van der Waals surface area contributed by atoms with Crippen molar-refractivity contribution in [2.45, 2.75) is 46.2 Å². The van der Waals surface area contributed by atoms with Crippen molar-refractivity contribution in [3.05, 3.63) is 106 Å². The van der Waals surface area contributed by atoms with Gasteiger partial charge < -0.3 is 19.7 Å². The van der Waals surface area contributed by atoms with Crippen LogP contribution in [0.1, 0.15) is 55.0 Å². The molecule has 0 aliphatic carbocycles. The summed E-state index contributed by atoms with van der Waals surface area (Å²) in [7, 11) is 0. The Hall–Kier alpha value is -3.42. The van der Waals surface area contributed by atoms with Gasteiger partial charge >= 0.3 is 0 Å². The van der Waals surface area contributed by atoms with E-state index in [1.165, 1.54) is 18.6 Å². The van der Waals surface area contributed by atoms with Crippen LogP contribution in [0.2, 0.25) is 5.02 Å². The Balaban J connectivity index is 1.44. The van der Waals surface area contributed by atoms with E-state index in [9.17, 15) is 4.39 Å². The van der Waals surface area contributed by atoms with Gasteiger partial charge in [0.2, 0.25) is 0 Å². The lowest BCUT2D eigenvalue weighted by Gasteiger charge is -2.37. The van der Waals surface area contributed by atoms with E-state index in [1.54, 1.807) is 0 Å². The van der Waals surface area contributed by atoms with Crippen LogP contribution in [0.5, 0.6) is 0 Å². The SMILES string of the molecule is Cc1cc(C2C(c3ccccn3)NC(=S)N2c2ccc(N3CC(C)CC(C)C3)c(Cl)c2)c(C)n1-c1ccc(F)cc1. The van der Waals surface area contributed by atoms with E-state index >= 15 is 0 Å². The Bertz CT molecular complexity index is 1560. The maximum absolute atomic E-state index is 13.7. The van der Waals surface area contributed by atoms with E-state index in [-0.39, 0.29) is 17.9 Å². The third-order valence-electron chi connectivity index (χ3n) is 8.39. The van der Waals surface area contributed by atoms with Crippen LogP contribution in [-0.4, -0.2) is 27.8 Å². The summed E-state index contributed by atoms with van der Waals surface area (Å²) in [5, 5.41) is 4.91. The molecule has 2 aromatic heterocycles. The van der Waals surface area contributed by atoms with Crippen molar-refractivity contribution in [1.29, 1.82) is 0 Å². The van der Waals surface area contributed by atoms with E-state index in [2.05, 4.69) is 65.6 Å². The minimum Gasteiger partial charge on any atom is -0.370 e. The van der Waals surface area contributed by atoms with Gasteiger partial charge in [0.1, 0.15) is 5.82 Å². The number of nitrogens with one attached hydrogen (secondary N) is 1. The number of thiocarbonyl (C=S) groups is 1. The second kappa shape index (κ2) is 11.1. The highest BCUT2D eigenvalue weighted by molar-refractivity contribution is 7.80. The quantitative estimate of drug-likeness (QED) is 0.240. The minimum atomic E-state index is -0.253. The number of aryl methyl sites for hydroxylation is 1. The number of anilines is 2. The van der Waals surface area contributed by atoms with Crippen LogP contribution < -0.4 is 15.1 Å². The monoisotopic (exact) mass is 587 g/mol. The fourth-order valence-corrected chi connectivity index (χ4v) is 7.43. The summed E-state index contributed by atoms with van der Waals surface area (Å²) in [6.45, 7) is 10.8. The molecule has 4 heterocycles. The smallest absolute Gasteiger partial charge is 0.174 e. The Morgan fingerprint density at radius 1 is 0.951 bits per heavy atom. The fraction of sp³-hybridized carbons (Fsp3) is 0.333. The summed E-state index contributed by atoms with van der Waals surface area (Å²) < 4.78 is 15.9. The number of halogens is 2. The predicted octanol–water partition coefficient (Wildman–Crippen LogP) is 7.94. The zero-order valence-corrected chi connectivity index (χ0v) is 25.4. The predicted molar refractivity (Wildman–Crippen MR) is 170 cm³/mol. The largest absolute Gasteiger partial charge is 0.370 e. The average Bonchev–Trinajstić information content (AvgIpc) is 3.44. The molecule has 0 amide bonds. The second-order valence-corrected chi connectivity index (χ2v) is 12.4. The Kier molecular flexibility index (Phi) is 7.51. The third kappa shape index (κ3) is 5.22. The van der Waals surface area contributed by atoms with Gasteiger partial charge in [-0.2, -0.15) is 0 Å². The van der Waals surface area contributed by atoms with Crippen LogP contribution in [0.25, 0.3) is 5.69 Å². The molecule has 2 aromatic carbocycles. The number of hydrogen-bond donors (Lipinski definition) is 1. The Morgan fingerprint density at radius 2 is 1.66 bits per heavy atom. The highest BCUT2D eigenvalue weighted by Gasteiger charge is 2.42. The van der Waals surface area contributed by atoms with Crippen molar-refractivity contribution in [2.24, 2.45) is 11.8 Å². The van der Waals surface area contributed by atoms with E-state index < -0.39 is 0 Å². The number of pyridine rings is 1. The number of aromatic nitrogens is 2. The van der Waals surface area contributed by atoms with Crippen LogP contribution in [-0.2, 0) is 0 Å². The molecule has 2 saturated heterocycles. The van der Waals surface area contributed by atoms with Crippen molar-refractivity contribution in [3.8, 4) is 5.69 Å². The van der Waals surface area contributed by atoms with Crippen LogP contribution in [0.3, 0.4) is 0 Å². The van der Waals surface area contributed by atoms with Gasteiger partial charge in [-0.3, -0.25) is 4.98 Å². The topological polar surface area (TPSA) is 36.3 Å². The number of hydrogen-bond acceptors (Lipinski definition) is 3. The van der Waals surface area contributed by atoms with Gasteiger partial charge in [-0.25, -0.2) is 4.39 Å². The van der Waals surface area contributed by atoms with Gasteiger partial charge in [0.05, 0.1) is 28.5 Å². The lowest BCUT2D eigenvalue weighted by molar-refractivity contribution is 0.357. The first-order chi connectivity index (χ1) is 19.7. The molecule has 212 valence electrons. The van der Waals surface area contributed by atoms with E-state index in [1.807, 2.05) is 42.6 Å². The third-order valence-corrected chi connectivity index (χ3v) is 9.01. The first-order valence-corrected chi connectivity index (χ1v) is 15.0. The second-order valence-electron chi connectivity index (χ2n) is 11.6.